The van der Waals surface area contributed by atoms with Gasteiger partial charge in [-0.3, -0.25) is 9.59 Å². The van der Waals surface area contributed by atoms with Crippen LogP contribution in [0.3, 0.4) is 0 Å². The number of nitrogens with zero attached hydrogens (tertiary/aromatic N) is 1. The molecule has 4 aromatic carbocycles. The molecule has 0 atom stereocenters. The number of aryl methyl sites for hydroxylation is 1. The molecule has 4 rings (SSSR count). The van der Waals surface area contributed by atoms with Crippen molar-refractivity contribution in [2.75, 3.05) is 19.5 Å². The summed E-state index contributed by atoms with van der Waals surface area (Å²) >= 11 is 0. The number of fused-ring (bicyclic) bond motifs is 1. The summed E-state index contributed by atoms with van der Waals surface area (Å²) in [5.74, 6) is -1.38. The molecule has 0 saturated heterocycles. The molecule has 9 heteroatoms. The zero-order valence-electron chi connectivity index (χ0n) is 21.0. The molecule has 0 aromatic heterocycles. The highest BCUT2D eigenvalue weighted by Gasteiger charge is 2.17. The minimum atomic E-state index is -0.952. The molecule has 0 aliphatic carbocycles. The van der Waals surface area contributed by atoms with Crippen LogP contribution in [0.4, 0.5) is 5.69 Å². The van der Waals surface area contributed by atoms with E-state index in [2.05, 4.69) is 15.8 Å². The average Bonchev–Trinajstić information content (AvgIpc) is 2.93. The van der Waals surface area contributed by atoms with E-state index in [4.69, 9.17) is 14.2 Å². The summed E-state index contributed by atoms with van der Waals surface area (Å²) in [5.41, 5.74) is 4.34. The maximum absolute atomic E-state index is 13.0. The van der Waals surface area contributed by atoms with Crippen molar-refractivity contribution in [1.82, 2.24) is 5.43 Å². The number of methoxy groups -OCH3 is 2. The fourth-order valence-corrected chi connectivity index (χ4v) is 3.74. The van der Waals surface area contributed by atoms with E-state index in [0.29, 0.717) is 22.7 Å². The first kappa shape index (κ1) is 25.9. The van der Waals surface area contributed by atoms with Gasteiger partial charge in [0.25, 0.3) is 0 Å². The van der Waals surface area contributed by atoms with Gasteiger partial charge in [-0.15, -0.1) is 0 Å². The summed E-state index contributed by atoms with van der Waals surface area (Å²) in [6.07, 6.45) is 1.33. The number of carbonyl (C=O) groups is 3. The highest BCUT2D eigenvalue weighted by atomic mass is 16.5. The molecule has 0 bridgehead atoms. The van der Waals surface area contributed by atoms with Gasteiger partial charge in [-0.1, -0.05) is 42.5 Å². The van der Waals surface area contributed by atoms with Gasteiger partial charge < -0.3 is 19.5 Å². The maximum Gasteiger partial charge on any atom is 0.343 e. The third kappa shape index (κ3) is 5.96. The lowest BCUT2D eigenvalue weighted by atomic mass is 10.0. The van der Waals surface area contributed by atoms with Crippen molar-refractivity contribution in [2.24, 2.45) is 5.10 Å². The summed E-state index contributed by atoms with van der Waals surface area (Å²) in [6, 6.07) is 22.6. The number of hydrazone groups is 1. The molecule has 192 valence electrons. The fraction of sp³-hybridized carbons (Fsp3) is 0.103. The third-order valence-corrected chi connectivity index (χ3v) is 5.59. The second-order valence-electron chi connectivity index (χ2n) is 8.18. The highest BCUT2D eigenvalue weighted by molar-refractivity contribution is 6.39. The summed E-state index contributed by atoms with van der Waals surface area (Å²) in [6.45, 7) is 1.87. The van der Waals surface area contributed by atoms with Gasteiger partial charge in [0.15, 0.2) is 11.5 Å². The first-order valence-electron chi connectivity index (χ1n) is 11.6. The second kappa shape index (κ2) is 11.7. The molecule has 0 radical (unpaired) electrons. The Kier molecular flexibility index (Phi) is 7.98. The van der Waals surface area contributed by atoms with Crippen LogP contribution in [0, 0.1) is 6.92 Å². The zero-order valence-corrected chi connectivity index (χ0v) is 21.0. The van der Waals surface area contributed by atoms with Gasteiger partial charge in [0, 0.05) is 11.3 Å². The lowest BCUT2D eigenvalue weighted by Gasteiger charge is -2.12. The normalized spacial score (nSPS) is 10.7. The molecule has 9 nitrogen and oxygen atoms in total. The lowest BCUT2D eigenvalue weighted by molar-refractivity contribution is -0.136. The van der Waals surface area contributed by atoms with Gasteiger partial charge in [0.05, 0.1) is 26.0 Å². The van der Waals surface area contributed by atoms with Crippen LogP contribution in [0.25, 0.3) is 10.8 Å². The Morgan fingerprint density at radius 1 is 0.789 bits per heavy atom. The average molecular weight is 512 g/mol. The monoisotopic (exact) mass is 511 g/mol. The topological polar surface area (TPSA) is 115 Å². The molecular formula is C29H25N3O6. The van der Waals surface area contributed by atoms with Gasteiger partial charge >= 0.3 is 17.8 Å². The molecule has 0 aliphatic heterocycles. The van der Waals surface area contributed by atoms with Crippen molar-refractivity contribution in [3.63, 3.8) is 0 Å². The highest BCUT2D eigenvalue weighted by Crippen LogP contribution is 2.30. The third-order valence-electron chi connectivity index (χ3n) is 5.59. The number of hydrogen-bond acceptors (Lipinski definition) is 7. The Balaban J connectivity index is 1.55. The lowest BCUT2D eigenvalue weighted by Crippen LogP contribution is -2.32. The van der Waals surface area contributed by atoms with E-state index in [-0.39, 0.29) is 11.3 Å². The number of benzene rings is 4. The Morgan fingerprint density at radius 2 is 1.55 bits per heavy atom. The van der Waals surface area contributed by atoms with Crippen LogP contribution in [0.2, 0.25) is 0 Å². The Bertz CT molecular complexity index is 1550. The van der Waals surface area contributed by atoms with Crippen LogP contribution in [0.15, 0.2) is 84.0 Å². The van der Waals surface area contributed by atoms with Crippen LogP contribution in [0.1, 0.15) is 21.5 Å². The van der Waals surface area contributed by atoms with Crippen LogP contribution in [-0.4, -0.2) is 38.2 Å². The standard InChI is InChI=1S/C29H25N3O6/c1-18-7-6-9-21(15-18)31-27(33)28(34)32-30-17-23-22-10-5-4-8-19(22)11-13-24(23)38-29(35)20-12-14-25(36-2)26(16-20)37-3/h4-17H,1-3H3,(H,31,33)(H,32,34)/b30-17+. The number of nitrogens with one attached hydrogen (secondary N) is 2. The minimum Gasteiger partial charge on any atom is -0.493 e. The van der Waals surface area contributed by atoms with Gasteiger partial charge in [-0.05, 0) is 59.7 Å². The number of hydrogen-bond donors (Lipinski definition) is 2. The molecule has 0 spiro atoms. The summed E-state index contributed by atoms with van der Waals surface area (Å²) in [5, 5.41) is 8.06. The SMILES string of the molecule is COc1ccc(C(=O)Oc2ccc3ccccc3c2/C=N/NC(=O)C(=O)Nc2cccc(C)c2)cc1OC. The van der Waals surface area contributed by atoms with E-state index in [0.717, 1.165) is 16.3 Å². The molecular weight excluding hydrogens is 486 g/mol. The summed E-state index contributed by atoms with van der Waals surface area (Å²) in [7, 11) is 2.97. The molecule has 2 N–H and O–H groups in total. The largest absolute Gasteiger partial charge is 0.493 e. The van der Waals surface area contributed by atoms with Crippen LogP contribution in [0.5, 0.6) is 17.2 Å². The van der Waals surface area contributed by atoms with Crippen LogP contribution < -0.4 is 25.0 Å². The molecule has 38 heavy (non-hydrogen) atoms. The van der Waals surface area contributed by atoms with E-state index in [9.17, 15) is 14.4 Å². The predicted molar refractivity (Wildman–Crippen MR) is 144 cm³/mol. The first-order chi connectivity index (χ1) is 18.4. The number of ether oxygens (including phenoxy) is 3. The first-order valence-corrected chi connectivity index (χ1v) is 11.6. The molecule has 0 heterocycles. The zero-order chi connectivity index (χ0) is 27.1. The summed E-state index contributed by atoms with van der Waals surface area (Å²) in [4.78, 5) is 37.5. The van der Waals surface area contributed by atoms with E-state index >= 15 is 0 Å². The Hall–Kier alpha value is -5.18. The van der Waals surface area contributed by atoms with E-state index in [1.807, 2.05) is 37.3 Å². The van der Waals surface area contributed by atoms with Gasteiger partial charge in [-0.2, -0.15) is 5.10 Å². The maximum atomic E-state index is 13.0. The van der Waals surface area contributed by atoms with Crippen molar-refractivity contribution in [1.29, 1.82) is 0 Å². The van der Waals surface area contributed by atoms with Crippen molar-refractivity contribution in [3.05, 3.63) is 95.6 Å². The molecule has 0 aliphatic rings. The van der Waals surface area contributed by atoms with Crippen molar-refractivity contribution < 1.29 is 28.6 Å². The van der Waals surface area contributed by atoms with Gasteiger partial charge in [-0.25, -0.2) is 10.2 Å². The Morgan fingerprint density at radius 3 is 2.32 bits per heavy atom. The van der Waals surface area contributed by atoms with Gasteiger partial charge in [0.2, 0.25) is 0 Å². The van der Waals surface area contributed by atoms with Crippen molar-refractivity contribution in [2.45, 2.75) is 6.92 Å². The Labute approximate surface area is 219 Å². The minimum absolute atomic E-state index is 0.214. The molecule has 4 aromatic rings. The van der Waals surface area contributed by atoms with Crippen LogP contribution >= 0.6 is 0 Å². The van der Waals surface area contributed by atoms with E-state index in [1.165, 1.54) is 26.5 Å². The van der Waals surface area contributed by atoms with Crippen molar-refractivity contribution in [3.8, 4) is 17.2 Å². The number of amides is 2. The predicted octanol–water partition coefficient (Wildman–Crippen LogP) is 4.47. The number of esters is 1. The van der Waals surface area contributed by atoms with Gasteiger partial charge in [0.1, 0.15) is 5.75 Å². The quantitative estimate of drug-likeness (QED) is 0.124. The molecule has 0 fully saturated rings. The number of carbonyl (C=O) groups excluding carboxylic acids is 3. The molecule has 2 amide bonds. The second-order valence-corrected chi connectivity index (χ2v) is 8.18. The van der Waals surface area contributed by atoms with E-state index in [1.54, 1.807) is 42.5 Å². The summed E-state index contributed by atoms with van der Waals surface area (Å²) < 4.78 is 16.2. The molecule has 0 saturated carbocycles. The van der Waals surface area contributed by atoms with Crippen molar-refractivity contribution >= 4 is 40.5 Å². The van der Waals surface area contributed by atoms with E-state index < -0.39 is 17.8 Å². The van der Waals surface area contributed by atoms with Crippen LogP contribution in [-0.2, 0) is 9.59 Å². The number of anilines is 1. The smallest absolute Gasteiger partial charge is 0.343 e. The fourth-order valence-electron chi connectivity index (χ4n) is 3.74. The molecule has 0 unspecified atom stereocenters. The number of rotatable bonds is 7.